The number of hydrogen-bond acceptors (Lipinski definition) is 3. The standard InChI is InChI=1S/C15H19BrFNO3/c1-18(10-15(20)6-2-3-7-15)14(19)9-21-13-5-4-11(17)8-12(13)16/h4-5,8,20H,2-3,6-7,9-10H2,1H3. The third kappa shape index (κ3) is 4.41. The Morgan fingerprint density at radius 3 is 2.76 bits per heavy atom. The quantitative estimate of drug-likeness (QED) is 0.879. The van der Waals surface area contributed by atoms with Crippen molar-refractivity contribution in [2.45, 2.75) is 31.3 Å². The maximum Gasteiger partial charge on any atom is 0.260 e. The second-order valence-electron chi connectivity index (χ2n) is 5.54. The van der Waals surface area contributed by atoms with E-state index in [0.29, 0.717) is 16.8 Å². The second-order valence-corrected chi connectivity index (χ2v) is 6.40. The van der Waals surface area contributed by atoms with Crippen LogP contribution in [0.1, 0.15) is 25.7 Å². The number of aliphatic hydroxyl groups is 1. The van der Waals surface area contributed by atoms with Crippen molar-refractivity contribution >= 4 is 21.8 Å². The van der Waals surface area contributed by atoms with Gasteiger partial charge in [0.15, 0.2) is 6.61 Å². The summed E-state index contributed by atoms with van der Waals surface area (Å²) in [5.74, 6) is -0.176. The molecule has 0 saturated heterocycles. The van der Waals surface area contributed by atoms with Crippen LogP contribution in [0, 0.1) is 5.82 Å². The Bertz CT molecular complexity index is 518. The van der Waals surface area contributed by atoms with E-state index in [1.54, 1.807) is 7.05 Å². The monoisotopic (exact) mass is 359 g/mol. The van der Waals surface area contributed by atoms with Gasteiger partial charge in [0.1, 0.15) is 11.6 Å². The van der Waals surface area contributed by atoms with Crippen LogP contribution >= 0.6 is 15.9 Å². The molecule has 1 N–H and O–H groups in total. The highest BCUT2D eigenvalue weighted by atomic mass is 79.9. The topological polar surface area (TPSA) is 49.8 Å². The lowest BCUT2D eigenvalue weighted by atomic mass is 10.0. The molecule has 4 nitrogen and oxygen atoms in total. The van der Waals surface area contributed by atoms with Crippen LogP contribution in [-0.4, -0.2) is 41.7 Å². The Morgan fingerprint density at radius 2 is 2.14 bits per heavy atom. The molecule has 2 rings (SSSR count). The fraction of sp³-hybridized carbons (Fsp3) is 0.533. The zero-order chi connectivity index (χ0) is 15.5. The van der Waals surface area contributed by atoms with Crippen molar-refractivity contribution in [3.8, 4) is 5.75 Å². The summed E-state index contributed by atoms with van der Waals surface area (Å²) in [6, 6.07) is 4.03. The molecule has 0 radical (unpaired) electrons. The summed E-state index contributed by atoms with van der Waals surface area (Å²) in [5, 5.41) is 10.3. The van der Waals surface area contributed by atoms with Crippen molar-refractivity contribution in [1.82, 2.24) is 4.90 Å². The number of amides is 1. The van der Waals surface area contributed by atoms with Crippen LogP contribution in [0.3, 0.4) is 0 Å². The van der Waals surface area contributed by atoms with E-state index in [4.69, 9.17) is 4.74 Å². The Morgan fingerprint density at radius 1 is 1.48 bits per heavy atom. The Kier molecular flexibility index (Phi) is 5.22. The van der Waals surface area contributed by atoms with E-state index in [9.17, 15) is 14.3 Å². The van der Waals surface area contributed by atoms with E-state index in [2.05, 4.69) is 15.9 Å². The van der Waals surface area contributed by atoms with Gasteiger partial charge in [-0.2, -0.15) is 0 Å². The van der Waals surface area contributed by atoms with Gasteiger partial charge in [-0.15, -0.1) is 0 Å². The lowest BCUT2D eigenvalue weighted by molar-refractivity contribution is -0.135. The maximum atomic E-state index is 13.0. The van der Waals surface area contributed by atoms with E-state index in [1.807, 2.05) is 0 Å². The minimum atomic E-state index is -0.763. The Labute approximate surface area is 132 Å². The first-order chi connectivity index (χ1) is 9.89. The molecule has 0 spiro atoms. The van der Waals surface area contributed by atoms with Crippen LogP contribution in [0.4, 0.5) is 4.39 Å². The third-order valence-corrected chi connectivity index (χ3v) is 4.36. The van der Waals surface area contributed by atoms with Crippen molar-refractivity contribution in [1.29, 1.82) is 0 Å². The molecule has 0 aromatic heterocycles. The lowest BCUT2D eigenvalue weighted by Gasteiger charge is -2.28. The predicted octanol–water partition coefficient (Wildman–Crippen LogP) is 2.73. The van der Waals surface area contributed by atoms with Crippen molar-refractivity contribution in [3.05, 3.63) is 28.5 Å². The number of hydrogen-bond donors (Lipinski definition) is 1. The lowest BCUT2D eigenvalue weighted by Crippen LogP contribution is -2.43. The van der Waals surface area contributed by atoms with Gasteiger partial charge in [-0.1, -0.05) is 12.8 Å². The molecule has 0 bridgehead atoms. The predicted molar refractivity (Wildman–Crippen MR) is 80.6 cm³/mol. The van der Waals surface area contributed by atoms with Gasteiger partial charge in [-0.05, 0) is 47.0 Å². The molecule has 1 aromatic carbocycles. The second kappa shape index (κ2) is 6.75. The minimum absolute atomic E-state index is 0.142. The molecule has 1 aromatic rings. The van der Waals surface area contributed by atoms with Crippen LogP contribution in [0.2, 0.25) is 0 Å². The number of carbonyl (C=O) groups excluding carboxylic acids is 1. The summed E-state index contributed by atoms with van der Waals surface area (Å²) in [7, 11) is 1.65. The van der Waals surface area contributed by atoms with Gasteiger partial charge >= 0.3 is 0 Å². The molecule has 1 aliphatic rings. The summed E-state index contributed by atoms with van der Waals surface area (Å²) in [6.45, 7) is 0.177. The molecule has 1 amide bonds. The van der Waals surface area contributed by atoms with Gasteiger partial charge in [0.25, 0.3) is 5.91 Å². The van der Waals surface area contributed by atoms with Gasteiger partial charge in [-0.3, -0.25) is 4.79 Å². The largest absolute Gasteiger partial charge is 0.483 e. The summed E-state index contributed by atoms with van der Waals surface area (Å²) in [5.41, 5.74) is -0.763. The fourth-order valence-corrected chi connectivity index (χ4v) is 3.03. The molecule has 21 heavy (non-hydrogen) atoms. The van der Waals surface area contributed by atoms with Gasteiger partial charge in [0, 0.05) is 13.6 Å². The number of benzene rings is 1. The highest BCUT2D eigenvalue weighted by Gasteiger charge is 2.33. The van der Waals surface area contributed by atoms with Crippen molar-refractivity contribution in [2.24, 2.45) is 0 Å². The molecular weight excluding hydrogens is 341 g/mol. The summed E-state index contributed by atoms with van der Waals surface area (Å²) in [6.07, 6.45) is 3.46. The van der Waals surface area contributed by atoms with Gasteiger partial charge < -0.3 is 14.7 Å². The van der Waals surface area contributed by atoms with E-state index in [0.717, 1.165) is 25.7 Å². The van der Waals surface area contributed by atoms with Crippen LogP contribution < -0.4 is 4.74 Å². The molecule has 1 aliphatic carbocycles. The highest BCUT2D eigenvalue weighted by molar-refractivity contribution is 9.10. The molecule has 0 heterocycles. The van der Waals surface area contributed by atoms with E-state index >= 15 is 0 Å². The van der Waals surface area contributed by atoms with Crippen LogP contribution in [0.5, 0.6) is 5.75 Å². The smallest absolute Gasteiger partial charge is 0.260 e. The fourth-order valence-electron chi connectivity index (χ4n) is 2.56. The van der Waals surface area contributed by atoms with E-state index in [-0.39, 0.29) is 18.3 Å². The van der Waals surface area contributed by atoms with Gasteiger partial charge in [0.05, 0.1) is 10.1 Å². The van der Waals surface area contributed by atoms with Crippen molar-refractivity contribution < 1.29 is 19.0 Å². The number of ether oxygens (including phenoxy) is 1. The first-order valence-corrected chi connectivity index (χ1v) is 7.73. The maximum absolute atomic E-state index is 13.0. The average Bonchev–Trinajstić information content (AvgIpc) is 2.83. The molecule has 1 saturated carbocycles. The average molecular weight is 360 g/mol. The Balaban J connectivity index is 1.86. The molecule has 0 unspecified atom stereocenters. The van der Waals surface area contributed by atoms with E-state index < -0.39 is 5.60 Å². The molecule has 1 fully saturated rings. The van der Waals surface area contributed by atoms with Crippen LogP contribution in [-0.2, 0) is 4.79 Å². The molecule has 0 atom stereocenters. The number of likely N-dealkylation sites (N-methyl/N-ethyl adjacent to an activating group) is 1. The molecule has 0 aliphatic heterocycles. The minimum Gasteiger partial charge on any atom is -0.483 e. The third-order valence-electron chi connectivity index (χ3n) is 3.74. The summed E-state index contributed by atoms with van der Waals surface area (Å²) >= 11 is 3.18. The first-order valence-electron chi connectivity index (χ1n) is 6.94. The van der Waals surface area contributed by atoms with Crippen LogP contribution in [0.25, 0.3) is 0 Å². The first kappa shape index (κ1) is 16.2. The number of halogens is 2. The highest BCUT2D eigenvalue weighted by Crippen LogP contribution is 2.30. The molecule has 116 valence electrons. The van der Waals surface area contributed by atoms with Crippen molar-refractivity contribution in [2.75, 3.05) is 20.2 Å². The number of carbonyl (C=O) groups is 1. The molecule has 6 heteroatoms. The normalized spacial score (nSPS) is 16.8. The SMILES string of the molecule is CN(CC1(O)CCCC1)C(=O)COc1ccc(F)cc1Br. The van der Waals surface area contributed by atoms with Gasteiger partial charge in [0.2, 0.25) is 0 Å². The zero-order valence-electron chi connectivity index (χ0n) is 11.9. The number of rotatable bonds is 5. The van der Waals surface area contributed by atoms with Crippen molar-refractivity contribution in [3.63, 3.8) is 0 Å². The number of nitrogens with zero attached hydrogens (tertiary/aromatic N) is 1. The Hall–Kier alpha value is -1.14. The molecular formula is C15H19BrFNO3. The summed E-state index contributed by atoms with van der Waals surface area (Å²) < 4.78 is 18.8. The zero-order valence-corrected chi connectivity index (χ0v) is 13.5. The van der Waals surface area contributed by atoms with Crippen LogP contribution in [0.15, 0.2) is 22.7 Å². The van der Waals surface area contributed by atoms with Gasteiger partial charge in [-0.25, -0.2) is 4.39 Å². The summed E-state index contributed by atoms with van der Waals surface area (Å²) in [4.78, 5) is 13.5. The van der Waals surface area contributed by atoms with E-state index in [1.165, 1.54) is 23.1 Å².